The minimum atomic E-state index is -0.441. The second-order valence-electron chi connectivity index (χ2n) is 6.46. The van der Waals surface area contributed by atoms with Gasteiger partial charge in [-0.05, 0) is 36.2 Å². The number of nitrogens with two attached hydrogens (primary N) is 1. The van der Waals surface area contributed by atoms with E-state index >= 15 is 0 Å². The lowest BCUT2D eigenvalue weighted by atomic mass is 10.1. The Morgan fingerprint density at radius 1 is 1.21 bits per heavy atom. The third-order valence-corrected chi connectivity index (χ3v) is 4.92. The molecule has 8 nitrogen and oxygen atoms in total. The molecule has 2 aromatic carbocycles. The predicted octanol–water partition coefficient (Wildman–Crippen LogP) is 2.82. The summed E-state index contributed by atoms with van der Waals surface area (Å²) < 4.78 is 6.21. The normalized spacial score (nSPS) is 11.0. The quantitative estimate of drug-likeness (QED) is 0.421. The molecule has 4 N–H and O–H groups in total. The van der Waals surface area contributed by atoms with E-state index in [1.165, 1.54) is 0 Å². The molecule has 4 aromatic rings. The summed E-state index contributed by atoms with van der Waals surface area (Å²) in [5.41, 5.74) is 2.46. The molecule has 4 rings (SSSR count). The van der Waals surface area contributed by atoms with Crippen molar-refractivity contribution in [2.45, 2.75) is 6.42 Å². The minimum Gasteiger partial charge on any atom is -0.497 e. The monoisotopic (exact) mass is 410 g/mol. The highest BCUT2D eigenvalue weighted by Crippen LogP contribution is 2.23. The lowest BCUT2D eigenvalue weighted by Crippen LogP contribution is -2.33. The summed E-state index contributed by atoms with van der Waals surface area (Å²) in [4.78, 5) is 15.8. The van der Waals surface area contributed by atoms with Crippen molar-refractivity contribution in [3.63, 3.8) is 0 Å². The molecule has 0 radical (unpaired) electrons. The van der Waals surface area contributed by atoms with Crippen molar-refractivity contribution in [2.24, 2.45) is 0 Å². The van der Waals surface area contributed by atoms with Crippen LogP contribution in [0.2, 0.25) is 5.02 Å². The molecule has 2 heterocycles. The number of halogens is 1. The van der Waals surface area contributed by atoms with Crippen molar-refractivity contribution in [2.75, 3.05) is 24.8 Å². The van der Waals surface area contributed by atoms with Crippen LogP contribution in [-0.2, 0) is 6.42 Å². The second-order valence-corrected chi connectivity index (χ2v) is 6.89. The number of ether oxygens (including phenoxy) is 1. The van der Waals surface area contributed by atoms with Gasteiger partial charge >= 0.3 is 0 Å². The van der Waals surface area contributed by atoms with Gasteiger partial charge in [-0.2, -0.15) is 4.68 Å². The second kappa shape index (κ2) is 7.84. The highest BCUT2D eigenvalue weighted by Gasteiger charge is 2.12. The summed E-state index contributed by atoms with van der Waals surface area (Å²) in [6, 6.07) is 12.7. The fraction of sp³-hybridized carbons (Fsp3) is 0.150. The SMILES string of the molecule is COc1ccc2c(CCNc3nnc(-c4ccc(Cl)cc4)c(=O)n3N)c[nH]c2c1. The van der Waals surface area contributed by atoms with Crippen LogP contribution in [0.5, 0.6) is 5.75 Å². The lowest BCUT2D eigenvalue weighted by molar-refractivity contribution is 0.415. The van der Waals surface area contributed by atoms with E-state index in [1.54, 1.807) is 31.4 Å². The van der Waals surface area contributed by atoms with E-state index in [9.17, 15) is 4.79 Å². The fourth-order valence-electron chi connectivity index (χ4n) is 3.12. The summed E-state index contributed by atoms with van der Waals surface area (Å²) in [7, 11) is 1.64. The van der Waals surface area contributed by atoms with Crippen LogP contribution in [-0.4, -0.2) is 33.5 Å². The number of fused-ring (bicyclic) bond motifs is 1. The molecule has 0 saturated heterocycles. The van der Waals surface area contributed by atoms with Crippen molar-refractivity contribution in [1.29, 1.82) is 0 Å². The van der Waals surface area contributed by atoms with Crippen molar-refractivity contribution >= 4 is 28.5 Å². The van der Waals surface area contributed by atoms with E-state index in [-0.39, 0.29) is 11.6 Å². The van der Waals surface area contributed by atoms with E-state index in [2.05, 4.69) is 20.5 Å². The molecule has 0 spiro atoms. The van der Waals surface area contributed by atoms with Gasteiger partial charge in [0.05, 0.1) is 7.11 Å². The Labute approximate surface area is 171 Å². The van der Waals surface area contributed by atoms with Gasteiger partial charge in [0.15, 0.2) is 5.69 Å². The maximum atomic E-state index is 12.5. The van der Waals surface area contributed by atoms with Gasteiger partial charge in [-0.15, -0.1) is 10.2 Å². The van der Waals surface area contributed by atoms with Gasteiger partial charge in [0.2, 0.25) is 5.95 Å². The molecular formula is C20H19ClN6O2. The van der Waals surface area contributed by atoms with Gasteiger partial charge in [0.1, 0.15) is 5.75 Å². The average Bonchev–Trinajstić information content (AvgIpc) is 3.14. The number of nitrogen functional groups attached to an aromatic ring is 1. The first-order valence-corrected chi connectivity index (χ1v) is 9.33. The highest BCUT2D eigenvalue weighted by molar-refractivity contribution is 6.30. The Kier molecular flexibility index (Phi) is 5.09. The van der Waals surface area contributed by atoms with Gasteiger partial charge in [-0.1, -0.05) is 23.7 Å². The van der Waals surface area contributed by atoms with Gasteiger partial charge in [-0.25, -0.2) is 0 Å². The van der Waals surface area contributed by atoms with Crippen LogP contribution in [0.25, 0.3) is 22.2 Å². The van der Waals surface area contributed by atoms with Crippen LogP contribution < -0.4 is 21.5 Å². The van der Waals surface area contributed by atoms with Crippen LogP contribution in [0.1, 0.15) is 5.56 Å². The number of aromatic nitrogens is 4. The number of rotatable bonds is 6. The van der Waals surface area contributed by atoms with Gasteiger partial charge in [0.25, 0.3) is 5.56 Å². The molecule has 2 aromatic heterocycles. The van der Waals surface area contributed by atoms with E-state index in [0.717, 1.165) is 26.9 Å². The first-order valence-electron chi connectivity index (χ1n) is 8.95. The Hall–Kier alpha value is -3.52. The molecule has 0 atom stereocenters. The van der Waals surface area contributed by atoms with E-state index in [4.69, 9.17) is 22.2 Å². The number of anilines is 1. The lowest BCUT2D eigenvalue weighted by Gasteiger charge is -2.10. The maximum absolute atomic E-state index is 12.5. The summed E-state index contributed by atoms with van der Waals surface area (Å²) in [5, 5.41) is 12.9. The molecule has 9 heteroatoms. The highest BCUT2D eigenvalue weighted by atomic mass is 35.5. The zero-order valence-corrected chi connectivity index (χ0v) is 16.4. The number of nitrogens with zero attached hydrogens (tertiary/aromatic N) is 3. The van der Waals surface area contributed by atoms with Crippen molar-refractivity contribution < 1.29 is 4.74 Å². The van der Waals surface area contributed by atoms with Crippen LogP contribution >= 0.6 is 11.6 Å². The van der Waals surface area contributed by atoms with Gasteiger partial charge in [-0.3, -0.25) is 4.79 Å². The van der Waals surface area contributed by atoms with Crippen molar-refractivity contribution in [3.8, 4) is 17.0 Å². The Balaban J connectivity index is 1.48. The van der Waals surface area contributed by atoms with Gasteiger partial charge in [0, 0.05) is 40.3 Å². The molecule has 0 aliphatic carbocycles. The van der Waals surface area contributed by atoms with Crippen molar-refractivity contribution in [3.05, 3.63) is 69.6 Å². The van der Waals surface area contributed by atoms with Crippen LogP contribution in [0.15, 0.2) is 53.5 Å². The Bertz CT molecular complexity index is 1220. The summed E-state index contributed by atoms with van der Waals surface area (Å²) in [6.07, 6.45) is 2.66. The first kappa shape index (κ1) is 18.8. The summed E-state index contributed by atoms with van der Waals surface area (Å²) in [6.45, 7) is 0.532. The third-order valence-electron chi connectivity index (χ3n) is 4.66. The van der Waals surface area contributed by atoms with Crippen LogP contribution in [0.4, 0.5) is 5.95 Å². The molecule has 0 unspecified atom stereocenters. The maximum Gasteiger partial charge on any atom is 0.300 e. The van der Waals surface area contributed by atoms with Crippen LogP contribution in [0, 0.1) is 0 Å². The van der Waals surface area contributed by atoms with E-state index < -0.39 is 5.56 Å². The molecule has 29 heavy (non-hydrogen) atoms. The minimum absolute atomic E-state index is 0.167. The number of benzene rings is 2. The molecule has 0 amide bonds. The number of nitrogens with one attached hydrogen (secondary N) is 2. The van der Waals surface area contributed by atoms with E-state index in [1.807, 2.05) is 24.4 Å². The van der Waals surface area contributed by atoms with Crippen LogP contribution in [0.3, 0.4) is 0 Å². The standard InChI is InChI=1S/C20H19ClN6O2/c1-29-15-6-7-16-13(11-24-17(16)10-15)8-9-23-20-26-25-18(19(28)27(20)22)12-2-4-14(21)5-3-12/h2-7,10-11,24H,8-9,22H2,1H3,(H,23,26). The number of hydrogen-bond donors (Lipinski definition) is 3. The Morgan fingerprint density at radius 3 is 2.76 bits per heavy atom. The summed E-state index contributed by atoms with van der Waals surface area (Å²) >= 11 is 5.88. The topological polar surface area (TPSA) is 111 Å². The number of H-pyrrole nitrogens is 1. The molecular weight excluding hydrogens is 392 g/mol. The first-order chi connectivity index (χ1) is 14.1. The molecule has 148 valence electrons. The third kappa shape index (κ3) is 3.74. The van der Waals surface area contributed by atoms with Crippen molar-refractivity contribution in [1.82, 2.24) is 19.9 Å². The Morgan fingerprint density at radius 2 is 2.00 bits per heavy atom. The molecule has 0 aliphatic rings. The largest absolute Gasteiger partial charge is 0.497 e. The average molecular weight is 411 g/mol. The molecule has 0 fully saturated rings. The summed E-state index contributed by atoms with van der Waals surface area (Å²) in [5.74, 6) is 6.93. The number of hydrogen-bond acceptors (Lipinski definition) is 6. The number of aromatic amines is 1. The zero-order chi connectivity index (χ0) is 20.4. The van der Waals surface area contributed by atoms with E-state index in [0.29, 0.717) is 23.6 Å². The molecule has 0 aliphatic heterocycles. The smallest absolute Gasteiger partial charge is 0.300 e. The molecule has 0 bridgehead atoms. The molecule has 0 saturated carbocycles. The number of methoxy groups -OCH3 is 1. The van der Waals surface area contributed by atoms with Gasteiger partial charge < -0.3 is 20.9 Å². The predicted molar refractivity (Wildman–Crippen MR) is 114 cm³/mol. The fourth-order valence-corrected chi connectivity index (χ4v) is 3.24. The zero-order valence-electron chi connectivity index (χ0n) is 15.6.